The number of benzene rings is 1. The fraction of sp³-hybridized carbons (Fsp3) is 0.333. The summed E-state index contributed by atoms with van der Waals surface area (Å²) in [5, 5.41) is 0. The molecule has 0 aliphatic carbocycles. The summed E-state index contributed by atoms with van der Waals surface area (Å²) in [6, 6.07) is 10.6. The van der Waals surface area contributed by atoms with Gasteiger partial charge in [0.1, 0.15) is 0 Å². The van der Waals surface area contributed by atoms with E-state index in [0.717, 1.165) is 0 Å². The summed E-state index contributed by atoms with van der Waals surface area (Å²) in [4.78, 5) is 0. The fourth-order valence-corrected chi connectivity index (χ4v) is 1.31. The van der Waals surface area contributed by atoms with E-state index in [1.54, 1.807) is 0 Å². The van der Waals surface area contributed by atoms with Crippen molar-refractivity contribution in [1.29, 1.82) is 0 Å². The van der Waals surface area contributed by atoms with Crippen molar-refractivity contribution < 1.29 is 0 Å². The molecule has 0 fully saturated rings. The van der Waals surface area contributed by atoms with Gasteiger partial charge in [0.25, 0.3) is 0 Å². The van der Waals surface area contributed by atoms with E-state index in [1.807, 2.05) is 0 Å². The monoisotopic (exact) mass is 246 g/mol. The van der Waals surface area contributed by atoms with Crippen LogP contribution in [-0.2, 0) is 0 Å². The van der Waals surface area contributed by atoms with Gasteiger partial charge in [0.2, 0.25) is 0 Å². The maximum atomic E-state index is 2.47. The van der Waals surface area contributed by atoms with Crippen LogP contribution in [0, 0.1) is 0 Å². The van der Waals surface area contributed by atoms with Crippen molar-refractivity contribution >= 4 is 22.6 Å². The third kappa shape index (κ3) is 1.97. The molecule has 0 nitrogen and oxygen atoms in total. The van der Waals surface area contributed by atoms with E-state index in [4.69, 9.17) is 0 Å². The summed E-state index contributed by atoms with van der Waals surface area (Å²) in [6.45, 7) is 2.21. The van der Waals surface area contributed by atoms with Crippen molar-refractivity contribution in [2.24, 2.45) is 0 Å². The normalized spacial score (nSPS) is 13.0. The smallest absolute Gasteiger partial charge is 0.0356 e. The zero-order valence-electron chi connectivity index (χ0n) is 6.05. The number of hydrogen-bond acceptors (Lipinski definition) is 0. The average Bonchev–Trinajstić information content (AvgIpc) is 2.05. The molecule has 10 heavy (non-hydrogen) atoms. The zero-order valence-corrected chi connectivity index (χ0v) is 8.21. The van der Waals surface area contributed by atoms with Crippen LogP contribution >= 0.6 is 22.6 Å². The van der Waals surface area contributed by atoms with Gasteiger partial charge >= 0.3 is 0 Å². The van der Waals surface area contributed by atoms with Crippen molar-refractivity contribution in [3.05, 3.63) is 35.9 Å². The van der Waals surface area contributed by atoms with Crippen molar-refractivity contribution in [3.63, 3.8) is 0 Å². The lowest BCUT2D eigenvalue weighted by Crippen LogP contribution is -1.84. The van der Waals surface area contributed by atoms with Gasteiger partial charge in [-0.2, -0.15) is 0 Å². The third-order valence-corrected chi connectivity index (χ3v) is 3.12. The van der Waals surface area contributed by atoms with Crippen LogP contribution in [0.5, 0.6) is 0 Å². The molecule has 0 aliphatic heterocycles. The SMILES string of the molecule is CCC(I)c1ccccc1. The first-order valence-electron chi connectivity index (χ1n) is 3.53. The van der Waals surface area contributed by atoms with Gasteiger partial charge in [-0.05, 0) is 12.0 Å². The molecule has 1 heteroatoms. The quantitative estimate of drug-likeness (QED) is 0.552. The minimum atomic E-state index is 0.679. The van der Waals surface area contributed by atoms with Gasteiger partial charge < -0.3 is 0 Å². The summed E-state index contributed by atoms with van der Waals surface area (Å²) in [5.41, 5.74) is 1.44. The molecule has 1 atom stereocenters. The molecule has 0 heterocycles. The first-order chi connectivity index (χ1) is 4.84. The molecule has 1 aromatic rings. The molecule has 0 saturated heterocycles. The third-order valence-electron chi connectivity index (χ3n) is 1.52. The molecule has 54 valence electrons. The van der Waals surface area contributed by atoms with Crippen LogP contribution in [0.1, 0.15) is 22.8 Å². The van der Waals surface area contributed by atoms with E-state index >= 15 is 0 Å². The maximum absolute atomic E-state index is 2.47. The Morgan fingerprint density at radius 2 is 1.90 bits per heavy atom. The van der Waals surface area contributed by atoms with Crippen LogP contribution in [0.2, 0.25) is 0 Å². The van der Waals surface area contributed by atoms with Crippen molar-refractivity contribution in [2.45, 2.75) is 17.3 Å². The minimum absolute atomic E-state index is 0.679. The summed E-state index contributed by atoms with van der Waals surface area (Å²) in [5.74, 6) is 0. The number of rotatable bonds is 2. The first-order valence-corrected chi connectivity index (χ1v) is 4.78. The minimum Gasteiger partial charge on any atom is -0.0774 e. The van der Waals surface area contributed by atoms with Gasteiger partial charge in [-0.15, -0.1) is 0 Å². The van der Waals surface area contributed by atoms with Gasteiger partial charge in [0.05, 0.1) is 0 Å². The Hall–Kier alpha value is -0.0500. The maximum Gasteiger partial charge on any atom is 0.0356 e. The molecule has 0 aromatic heterocycles. The highest BCUT2D eigenvalue weighted by Crippen LogP contribution is 2.25. The van der Waals surface area contributed by atoms with Crippen molar-refractivity contribution in [2.75, 3.05) is 0 Å². The van der Waals surface area contributed by atoms with Gasteiger partial charge in [0, 0.05) is 3.92 Å². The van der Waals surface area contributed by atoms with E-state index in [0.29, 0.717) is 3.92 Å². The van der Waals surface area contributed by atoms with Crippen LogP contribution in [0.4, 0.5) is 0 Å². The molecule has 1 rings (SSSR count). The Morgan fingerprint density at radius 1 is 1.30 bits per heavy atom. The van der Waals surface area contributed by atoms with E-state index in [-0.39, 0.29) is 0 Å². The highest BCUT2D eigenvalue weighted by atomic mass is 127. The van der Waals surface area contributed by atoms with E-state index in [1.165, 1.54) is 12.0 Å². The molecule has 1 unspecified atom stereocenters. The van der Waals surface area contributed by atoms with Gasteiger partial charge in [-0.3, -0.25) is 0 Å². The lowest BCUT2D eigenvalue weighted by atomic mass is 10.1. The molecular weight excluding hydrogens is 235 g/mol. The lowest BCUT2D eigenvalue weighted by Gasteiger charge is -2.04. The lowest BCUT2D eigenvalue weighted by molar-refractivity contribution is 0.928. The average molecular weight is 246 g/mol. The highest BCUT2D eigenvalue weighted by Gasteiger charge is 2.00. The molecule has 0 amide bonds. The summed E-state index contributed by atoms with van der Waals surface area (Å²) in [7, 11) is 0. The van der Waals surface area contributed by atoms with Crippen molar-refractivity contribution in [1.82, 2.24) is 0 Å². The van der Waals surface area contributed by atoms with E-state index in [9.17, 15) is 0 Å². The highest BCUT2D eigenvalue weighted by molar-refractivity contribution is 14.1. The van der Waals surface area contributed by atoms with Gasteiger partial charge in [-0.1, -0.05) is 59.8 Å². The van der Waals surface area contributed by atoms with Crippen LogP contribution in [0.3, 0.4) is 0 Å². The molecule has 1 aromatic carbocycles. The number of alkyl halides is 1. The Labute approximate surface area is 75.8 Å². The number of hydrogen-bond donors (Lipinski definition) is 0. The summed E-state index contributed by atoms with van der Waals surface area (Å²) < 4.78 is 0.679. The largest absolute Gasteiger partial charge is 0.0774 e. The van der Waals surface area contributed by atoms with Crippen molar-refractivity contribution in [3.8, 4) is 0 Å². The topological polar surface area (TPSA) is 0 Å². The zero-order chi connectivity index (χ0) is 7.40. The number of halogens is 1. The Morgan fingerprint density at radius 3 is 2.40 bits per heavy atom. The molecule has 0 spiro atoms. The first kappa shape index (κ1) is 8.05. The fourth-order valence-electron chi connectivity index (χ4n) is 0.898. The Kier molecular flexibility index (Phi) is 3.19. The summed E-state index contributed by atoms with van der Waals surface area (Å²) in [6.07, 6.45) is 1.21. The van der Waals surface area contributed by atoms with Gasteiger partial charge in [-0.25, -0.2) is 0 Å². The predicted octanol–water partition coefficient (Wildman–Crippen LogP) is 3.57. The summed E-state index contributed by atoms with van der Waals surface area (Å²) >= 11 is 2.47. The predicted molar refractivity (Wildman–Crippen MR) is 53.5 cm³/mol. The second-order valence-corrected chi connectivity index (χ2v) is 3.79. The van der Waals surface area contributed by atoms with Crippen LogP contribution < -0.4 is 0 Å². The molecule has 0 bridgehead atoms. The molecule has 0 radical (unpaired) electrons. The second-order valence-electron chi connectivity index (χ2n) is 2.29. The Balaban J connectivity index is 2.75. The van der Waals surface area contributed by atoms with Crippen LogP contribution in [-0.4, -0.2) is 0 Å². The van der Waals surface area contributed by atoms with Crippen LogP contribution in [0.15, 0.2) is 30.3 Å². The second kappa shape index (κ2) is 3.96. The molecular formula is C9H11I. The molecule has 0 saturated carbocycles. The standard InChI is InChI=1S/C9H11I/c1-2-9(10)8-6-4-3-5-7-8/h3-7,9H,2H2,1H3. The molecule has 0 aliphatic rings. The van der Waals surface area contributed by atoms with Gasteiger partial charge in [0.15, 0.2) is 0 Å². The van der Waals surface area contributed by atoms with Crippen LogP contribution in [0.25, 0.3) is 0 Å². The van der Waals surface area contributed by atoms with E-state index in [2.05, 4.69) is 59.8 Å². The van der Waals surface area contributed by atoms with E-state index < -0.39 is 0 Å². The Bertz CT molecular complexity index is 181. The molecule has 0 N–H and O–H groups in total.